The van der Waals surface area contributed by atoms with Gasteiger partial charge in [-0.1, -0.05) is 6.07 Å². The lowest BCUT2D eigenvalue weighted by Crippen LogP contribution is -2.30. The SMILES string of the molecule is COC(=O)CSCc1cccc(C(=O)NN)n1. The second-order valence-electron chi connectivity index (χ2n) is 3.06. The standard InChI is InChI=1S/C10H13N3O3S/c1-16-9(14)6-17-5-7-3-2-4-8(12-7)10(15)13-11/h2-4H,5-6,11H2,1H3,(H,13,15). The summed E-state index contributed by atoms with van der Waals surface area (Å²) in [5, 5.41) is 0. The molecular formula is C10H13N3O3S. The Balaban J connectivity index is 2.54. The number of carbonyl (C=O) groups is 2. The Morgan fingerprint density at radius 2 is 2.29 bits per heavy atom. The summed E-state index contributed by atoms with van der Waals surface area (Å²) in [7, 11) is 1.34. The number of carbonyl (C=O) groups excluding carboxylic acids is 2. The number of ether oxygens (including phenoxy) is 1. The molecule has 92 valence electrons. The predicted molar refractivity (Wildman–Crippen MR) is 64.1 cm³/mol. The van der Waals surface area contributed by atoms with Gasteiger partial charge in [0.2, 0.25) is 0 Å². The summed E-state index contributed by atoms with van der Waals surface area (Å²) < 4.78 is 4.51. The predicted octanol–water partition coefficient (Wildman–Crippen LogP) is 0.0913. The number of nitrogens with two attached hydrogens (primary N) is 1. The van der Waals surface area contributed by atoms with Gasteiger partial charge in [-0.3, -0.25) is 15.0 Å². The van der Waals surface area contributed by atoms with Crippen molar-refractivity contribution in [3.63, 3.8) is 0 Å². The average Bonchev–Trinajstić information content (AvgIpc) is 2.38. The molecule has 1 aromatic heterocycles. The number of amides is 1. The number of aromatic nitrogens is 1. The van der Waals surface area contributed by atoms with E-state index in [0.717, 1.165) is 0 Å². The Morgan fingerprint density at radius 3 is 2.94 bits per heavy atom. The molecule has 1 aromatic rings. The largest absolute Gasteiger partial charge is 0.468 e. The zero-order valence-electron chi connectivity index (χ0n) is 9.30. The number of hydrogen-bond donors (Lipinski definition) is 2. The number of pyridine rings is 1. The van der Waals surface area contributed by atoms with E-state index in [-0.39, 0.29) is 17.4 Å². The number of hydrogen-bond acceptors (Lipinski definition) is 6. The van der Waals surface area contributed by atoms with Gasteiger partial charge in [-0.15, -0.1) is 11.8 Å². The quantitative estimate of drug-likeness (QED) is 0.335. The van der Waals surface area contributed by atoms with Gasteiger partial charge in [0.25, 0.3) is 5.91 Å². The Labute approximate surface area is 103 Å². The first kappa shape index (κ1) is 13.5. The minimum Gasteiger partial charge on any atom is -0.468 e. The molecule has 1 heterocycles. The van der Waals surface area contributed by atoms with Crippen molar-refractivity contribution in [2.45, 2.75) is 5.75 Å². The average molecular weight is 255 g/mol. The van der Waals surface area contributed by atoms with E-state index in [1.807, 2.05) is 5.43 Å². The lowest BCUT2D eigenvalue weighted by Gasteiger charge is -2.03. The second-order valence-corrected chi connectivity index (χ2v) is 4.04. The van der Waals surface area contributed by atoms with Crippen molar-refractivity contribution < 1.29 is 14.3 Å². The lowest BCUT2D eigenvalue weighted by atomic mass is 10.3. The van der Waals surface area contributed by atoms with Gasteiger partial charge in [-0.2, -0.15) is 0 Å². The van der Waals surface area contributed by atoms with Crippen LogP contribution in [0.25, 0.3) is 0 Å². The summed E-state index contributed by atoms with van der Waals surface area (Å²) >= 11 is 1.37. The number of nitrogen functional groups attached to an aromatic ring is 1. The lowest BCUT2D eigenvalue weighted by molar-refractivity contribution is -0.137. The van der Waals surface area contributed by atoms with Crippen LogP contribution in [0.5, 0.6) is 0 Å². The van der Waals surface area contributed by atoms with E-state index < -0.39 is 5.91 Å². The van der Waals surface area contributed by atoms with Gasteiger partial charge in [-0.25, -0.2) is 10.8 Å². The smallest absolute Gasteiger partial charge is 0.315 e. The Hall–Kier alpha value is -1.60. The Morgan fingerprint density at radius 1 is 1.53 bits per heavy atom. The molecule has 1 amide bonds. The van der Waals surface area contributed by atoms with Crippen LogP contribution in [-0.2, 0) is 15.3 Å². The summed E-state index contributed by atoms with van der Waals surface area (Å²) in [6.45, 7) is 0. The minimum absolute atomic E-state index is 0.253. The zero-order chi connectivity index (χ0) is 12.7. The number of thioether (sulfide) groups is 1. The van der Waals surface area contributed by atoms with E-state index >= 15 is 0 Å². The number of methoxy groups -OCH3 is 1. The maximum atomic E-state index is 11.2. The highest BCUT2D eigenvalue weighted by Crippen LogP contribution is 2.10. The molecule has 0 aromatic carbocycles. The molecule has 0 radical (unpaired) electrons. The zero-order valence-corrected chi connectivity index (χ0v) is 10.1. The molecule has 0 spiro atoms. The van der Waals surface area contributed by atoms with E-state index in [9.17, 15) is 9.59 Å². The normalized spacial score (nSPS) is 9.76. The molecular weight excluding hydrogens is 242 g/mol. The van der Waals surface area contributed by atoms with Gasteiger partial charge < -0.3 is 4.74 Å². The second kappa shape index (κ2) is 6.87. The maximum absolute atomic E-state index is 11.2. The van der Waals surface area contributed by atoms with Crippen molar-refractivity contribution >= 4 is 23.6 Å². The Kier molecular flexibility index (Phi) is 5.44. The van der Waals surface area contributed by atoms with Crippen molar-refractivity contribution in [1.29, 1.82) is 0 Å². The van der Waals surface area contributed by atoms with E-state index in [1.54, 1.807) is 18.2 Å². The molecule has 0 aliphatic rings. The molecule has 3 N–H and O–H groups in total. The van der Waals surface area contributed by atoms with Crippen LogP contribution in [0, 0.1) is 0 Å². The molecule has 0 atom stereocenters. The first-order chi connectivity index (χ1) is 8.17. The molecule has 0 saturated carbocycles. The summed E-state index contributed by atoms with van der Waals surface area (Å²) in [4.78, 5) is 26.2. The van der Waals surface area contributed by atoms with Crippen molar-refractivity contribution in [1.82, 2.24) is 10.4 Å². The highest BCUT2D eigenvalue weighted by Gasteiger charge is 2.06. The van der Waals surface area contributed by atoms with Crippen LogP contribution in [0.4, 0.5) is 0 Å². The number of rotatable bonds is 5. The van der Waals surface area contributed by atoms with Crippen LogP contribution < -0.4 is 11.3 Å². The summed E-state index contributed by atoms with van der Waals surface area (Å²) in [5.74, 6) is 5.06. The van der Waals surface area contributed by atoms with Crippen molar-refractivity contribution in [2.75, 3.05) is 12.9 Å². The van der Waals surface area contributed by atoms with Crippen LogP contribution in [-0.4, -0.2) is 29.7 Å². The number of nitrogens with zero attached hydrogens (tertiary/aromatic N) is 1. The molecule has 0 fully saturated rings. The van der Waals surface area contributed by atoms with Gasteiger partial charge >= 0.3 is 5.97 Å². The van der Waals surface area contributed by atoms with E-state index in [2.05, 4.69) is 9.72 Å². The molecule has 0 aliphatic heterocycles. The molecule has 1 rings (SSSR count). The summed E-state index contributed by atoms with van der Waals surface area (Å²) in [5.41, 5.74) is 2.97. The topological polar surface area (TPSA) is 94.3 Å². The van der Waals surface area contributed by atoms with Gasteiger partial charge in [0.1, 0.15) is 5.69 Å². The van der Waals surface area contributed by atoms with Crippen LogP contribution in [0.3, 0.4) is 0 Å². The van der Waals surface area contributed by atoms with E-state index in [4.69, 9.17) is 5.84 Å². The fourth-order valence-corrected chi connectivity index (χ4v) is 1.81. The third-order valence-electron chi connectivity index (χ3n) is 1.87. The molecule has 0 aliphatic carbocycles. The molecule has 17 heavy (non-hydrogen) atoms. The summed E-state index contributed by atoms with van der Waals surface area (Å²) in [6, 6.07) is 5.06. The molecule has 0 bridgehead atoms. The third-order valence-corrected chi connectivity index (χ3v) is 2.81. The van der Waals surface area contributed by atoms with Gasteiger partial charge in [-0.05, 0) is 12.1 Å². The van der Waals surface area contributed by atoms with E-state index in [1.165, 1.54) is 18.9 Å². The van der Waals surface area contributed by atoms with Crippen LogP contribution in [0.2, 0.25) is 0 Å². The molecule has 0 unspecified atom stereocenters. The van der Waals surface area contributed by atoms with Crippen molar-refractivity contribution in [3.05, 3.63) is 29.6 Å². The first-order valence-electron chi connectivity index (χ1n) is 4.78. The summed E-state index contributed by atoms with van der Waals surface area (Å²) in [6.07, 6.45) is 0. The number of hydrazine groups is 1. The highest BCUT2D eigenvalue weighted by atomic mass is 32.2. The van der Waals surface area contributed by atoms with Gasteiger partial charge in [0.15, 0.2) is 0 Å². The Bertz CT molecular complexity index is 412. The van der Waals surface area contributed by atoms with Crippen molar-refractivity contribution in [2.24, 2.45) is 5.84 Å². The van der Waals surface area contributed by atoms with Gasteiger partial charge in [0.05, 0.1) is 18.6 Å². The maximum Gasteiger partial charge on any atom is 0.315 e. The highest BCUT2D eigenvalue weighted by molar-refractivity contribution is 7.99. The fraction of sp³-hybridized carbons (Fsp3) is 0.300. The third kappa shape index (κ3) is 4.41. The molecule has 7 heteroatoms. The van der Waals surface area contributed by atoms with E-state index in [0.29, 0.717) is 11.4 Å². The number of nitrogens with one attached hydrogen (secondary N) is 1. The minimum atomic E-state index is -0.440. The van der Waals surface area contributed by atoms with Crippen LogP contribution in [0.15, 0.2) is 18.2 Å². The monoisotopic (exact) mass is 255 g/mol. The van der Waals surface area contributed by atoms with Crippen LogP contribution >= 0.6 is 11.8 Å². The molecule has 0 saturated heterocycles. The van der Waals surface area contributed by atoms with Crippen LogP contribution in [0.1, 0.15) is 16.2 Å². The van der Waals surface area contributed by atoms with Crippen molar-refractivity contribution in [3.8, 4) is 0 Å². The number of esters is 1. The fourth-order valence-electron chi connectivity index (χ4n) is 1.06. The van der Waals surface area contributed by atoms with Gasteiger partial charge in [0, 0.05) is 5.75 Å². The molecule has 6 nitrogen and oxygen atoms in total. The first-order valence-corrected chi connectivity index (χ1v) is 5.94.